The molecular formula is C41H40F3N11O4. The van der Waals surface area contributed by atoms with Gasteiger partial charge >= 0.3 is 0 Å². The van der Waals surface area contributed by atoms with Gasteiger partial charge in [-0.1, -0.05) is 12.1 Å². The van der Waals surface area contributed by atoms with Crippen molar-refractivity contribution in [3.8, 4) is 17.0 Å². The monoisotopic (exact) mass is 807 g/mol. The molecule has 59 heavy (non-hydrogen) atoms. The molecule has 3 saturated heterocycles. The minimum Gasteiger partial charge on any atom is -0.504 e. The Morgan fingerprint density at radius 2 is 1.85 bits per heavy atom. The Morgan fingerprint density at radius 3 is 2.66 bits per heavy atom. The standard InChI is InChI=1S/C41H40F3N11O4/c42-30-3-1-2-28(36(30)57)31-16-34-37(49-48-31)46-22-41(40(43)44)17-27(21-54(34)41)55-20-24-14-25(45-18-32(24)50-55)8-9-51-10-12-52(13-11-51)26-5-4-23-19-53(39(59)29(23)15-26)33-6-7-35(56)47-38(33)58/h1-5,14-16,18,20,27,33,40,57H,6-13,17,19,21-22H2,(H,46,49)(H,47,56,58)/t27?,33-,41+/m0/s1. The van der Waals surface area contributed by atoms with Crippen molar-refractivity contribution in [2.75, 3.05) is 60.9 Å². The number of aromatic hydroxyl groups is 1. The van der Waals surface area contributed by atoms with E-state index < -0.39 is 41.5 Å². The summed E-state index contributed by atoms with van der Waals surface area (Å²) in [4.78, 5) is 50.0. The van der Waals surface area contributed by atoms with E-state index in [-0.39, 0.29) is 49.0 Å². The number of piperazine rings is 1. The number of hydrogen-bond acceptors (Lipinski definition) is 12. The first-order valence-corrected chi connectivity index (χ1v) is 19.8. The predicted molar refractivity (Wildman–Crippen MR) is 210 cm³/mol. The molecule has 5 aromatic rings. The number of carbonyl (C=O) groups excluding carboxylic acids is 3. The molecule has 3 fully saturated rings. The van der Waals surface area contributed by atoms with Crippen molar-refractivity contribution in [1.29, 1.82) is 0 Å². The number of fused-ring (bicyclic) bond motifs is 5. The molecule has 15 nitrogen and oxygen atoms in total. The lowest BCUT2D eigenvalue weighted by Crippen LogP contribution is -2.57. The van der Waals surface area contributed by atoms with Gasteiger partial charge in [0.1, 0.15) is 17.1 Å². The summed E-state index contributed by atoms with van der Waals surface area (Å²) < 4.78 is 46.0. The van der Waals surface area contributed by atoms with Crippen LogP contribution in [0, 0.1) is 5.82 Å². The van der Waals surface area contributed by atoms with Gasteiger partial charge in [0, 0.05) is 106 Å². The van der Waals surface area contributed by atoms with Gasteiger partial charge in [-0.25, -0.2) is 13.2 Å². The number of carbonyl (C=O) groups is 3. The Balaban J connectivity index is 0.783. The maximum Gasteiger partial charge on any atom is 0.263 e. The number of aromatic nitrogens is 5. The Morgan fingerprint density at radius 1 is 1.00 bits per heavy atom. The summed E-state index contributed by atoms with van der Waals surface area (Å²) in [6.45, 7) is 4.53. The molecule has 18 heteroatoms. The van der Waals surface area contributed by atoms with Gasteiger partial charge in [0.05, 0.1) is 23.6 Å². The van der Waals surface area contributed by atoms with Crippen LogP contribution in [0.4, 0.5) is 30.4 Å². The fourth-order valence-electron chi connectivity index (χ4n) is 9.30. The van der Waals surface area contributed by atoms with E-state index in [1.165, 1.54) is 12.1 Å². The second-order valence-corrected chi connectivity index (χ2v) is 16.0. The highest BCUT2D eigenvalue weighted by Gasteiger charge is 2.55. The third-order valence-corrected chi connectivity index (χ3v) is 12.6. The zero-order chi connectivity index (χ0) is 40.6. The van der Waals surface area contributed by atoms with Crippen LogP contribution in [0.3, 0.4) is 0 Å². The Hall–Kier alpha value is -6.30. The predicted octanol–water partition coefficient (Wildman–Crippen LogP) is 3.74. The molecule has 0 radical (unpaired) electrons. The van der Waals surface area contributed by atoms with Gasteiger partial charge in [-0.05, 0) is 48.4 Å². The summed E-state index contributed by atoms with van der Waals surface area (Å²) in [5.74, 6) is -1.97. The summed E-state index contributed by atoms with van der Waals surface area (Å²) in [7, 11) is 0. The molecule has 3 aromatic heterocycles. The topological polar surface area (TPSA) is 165 Å². The van der Waals surface area contributed by atoms with Crippen LogP contribution in [0.2, 0.25) is 0 Å². The number of hydrogen-bond donors (Lipinski definition) is 3. The number of alkyl halides is 2. The van der Waals surface area contributed by atoms with Crippen LogP contribution in [0.1, 0.15) is 46.9 Å². The molecule has 3 atom stereocenters. The van der Waals surface area contributed by atoms with Gasteiger partial charge in [0.25, 0.3) is 12.3 Å². The molecule has 5 aliphatic heterocycles. The van der Waals surface area contributed by atoms with E-state index in [4.69, 9.17) is 5.10 Å². The SMILES string of the molecule is O=C1CC[C@H](N2Cc3ccc(N4CCN(CCc5cc6cn(C7CN8c9cc(-c%10cccc(F)c%10O)nnc9NC[C@@]8(C(F)F)C7)nc6cn5)CC4)cc3C2=O)C(=O)N1. The summed E-state index contributed by atoms with van der Waals surface area (Å²) >= 11 is 0. The van der Waals surface area contributed by atoms with Crippen LogP contribution in [0.25, 0.3) is 22.2 Å². The molecule has 2 aromatic carbocycles. The first kappa shape index (κ1) is 37.0. The number of amides is 3. The molecule has 3 amide bonds. The molecule has 0 spiro atoms. The van der Waals surface area contributed by atoms with E-state index in [9.17, 15) is 23.9 Å². The van der Waals surface area contributed by atoms with Crippen LogP contribution in [0.15, 0.2) is 60.9 Å². The van der Waals surface area contributed by atoms with Gasteiger partial charge in [-0.3, -0.25) is 34.3 Å². The molecule has 8 heterocycles. The number of nitrogens with one attached hydrogen (secondary N) is 2. The molecule has 1 unspecified atom stereocenters. The number of piperidine rings is 1. The lowest BCUT2D eigenvalue weighted by Gasteiger charge is -2.43. The average molecular weight is 808 g/mol. The minimum absolute atomic E-state index is 0.0492. The normalized spacial score (nSPS) is 23.1. The average Bonchev–Trinajstić information content (AvgIpc) is 3.95. The number of phenolic OH excluding ortho intramolecular Hbond substituents is 1. The molecule has 0 saturated carbocycles. The highest BCUT2D eigenvalue weighted by atomic mass is 19.3. The summed E-state index contributed by atoms with van der Waals surface area (Å²) in [5.41, 5.74) is 3.14. The van der Waals surface area contributed by atoms with Crippen LogP contribution >= 0.6 is 0 Å². The number of phenols is 1. The maximum absolute atomic E-state index is 15.1. The highest BCUT2D eigenvalue weighted by molar-refractivity contribution is 6.05. The van der Waals surface area contributed by atoms with Gasteiger partial charge in [-0.15, -0.1) is 10.2 Å². The summed E-state index contributed by atoms with van der Waals surface area (Å²) in [6.07, 6.45) is 2.29. The maximum atomic E-state index is 15.1. The van der Waals surface area contributed by atoms with E-state index in [1.54, 1.807) is 26.7 Å². The van der Waals surface area contributed by atoms with Crippen LogP contribution in [-0.2, 0) is 22.6 Å². The Bertz CT molecular complexity index is 2530. The van der Waals surface area contributed by atoms with Gasteiger partial charge in [-0.2, -0.15) is 5.10 Å². The number of benzene rings is 2. The highest BCUT2D eigenvalue weighted by Crippen LogP contribution is 2.48. The first-order chi connectivity index (χ1) is 28.5. The summed E-state index contributed by atoms with van der Waals surface area (Å²) in [6, 6.07) is 12.5. The van der Waals surface area contributed by atoms with E-state index in [0.717, 1.165) is 61.1 Å². The second-order valence-electron chi connectivity index (χ2n) is 16.0. The largest absolute Gasteiger partial charge is 0.504 e. The molecule has 10 rings (SSSR count). The lowest BCUT2D eigenvalue weighted by molar-refractivity contribution is -0.136. The van der Waals surface area contributed by atoms with Crippen molar-refractivity contribution in [1.82, 2.24) is 40.1 Å². The molecule has 3 N–H and O–H groups in total. The molecule has 5 aliphatic rings. The summed E-state index contributed by atoms with van der Waals surface area (Å²) in [5, 5.41) is 29.7. The van der Waals surface area contributed by atoms with Crippen molar-refractivity contribution in [2.24, 2.45) is 0 Å². The Kier molecular flexibility index (Phi) is 8.91. The molecule has 304 valence electrons. The van der Waals surface area contributed by atoms with E-state index in [2.05, 4.69) is 35.6 Å². The number of para-hydroxylation sites is 1. The van der Waals surface area contributed by atoms with Crippen molar-refractivity contribution < 1.29 is 32.7 Å². The fourth-order valence-corrected chi connectivity index (χ4v) is 9.30. The van der Waals surface area contributed by atoms with E-state index in [0.29, 0.717) is 42.0 Å². The molecular weight excluding hydrogens is 768 g/mol. The third-order valence-electron chi connectivity index (χ3n) is 12.6. The van der Waals surface area contributed by atoms with Crippen molar-refractivity contribution in [3.63, 3.8) is 0 Å². The van der Waals surface area contributed by atoms with Gasteiger partial charge < -0.3 is 25.1 Å². The number of imide groups is 1. The minimum atomic E-state index is -2.71. The number of rotatable bonds is 8. The van der Waals surface area contributed by atoms with Crippen LogP contribution in [0.5, 0.6) is 5.75 Å². The zero-order valence-electron chi connectivity index (χ0n) is 31.8. The smallest absolute Gasteiger partial charge is 0.263 e. The number of anilines is 3. The van der Waals surface area contributed by atoms with E-state index >= 15 is 8.78 Å². The van der Waals surface area contributed by atoms with Crippen molar-refractivity contribution in [2.45, 2.75) is 56.3 Å². The lowest BCUT2D eigenvalue weighted by atomic mass is 9.92. The molecule has 0 aliphatic carbocycles. The fraction of sp³-hybridized carbons (Fsp3) is 0.390. The van der Waals surface area contributed by atoms with Crippen molar-refractivity contribution >= 4 is 45.8 Å². The van der Waals surface area contributed by atoms with E-state index in [1.807, 2.05) is 30.5 Å². The number of halogens is 3. The number of nitrogens with zero attached hydrogens (tertiary/aromatic N) is 9. The van der Waals surface area contributed by atoms with Gasteiger partial charge in [0.2, 0.25) is 11.8 Å². The van der Waals surface area contributed by atoms with Crippen LogP contribution in [-0.4, -0.2) is 121 Å². The Labute approximate surface area is 335 Å². The zero-order valence-corrected chi connectivity index (χ0v) is 31.8. The van der Waals surface area contributed by atoms with Crippen molar-refractivity contribution in [3.05, 3.63) is 83.6 Å². The van der Waals surface area contributed by atoms with Gasteiger partial charge in [0.15, 0.2) is 17.4 Å². The second kappa shape index (κ2) is 14.2. The number of pyridine rings is 1. The third kappa shape index (κ3) is 6.36. The first-order valence-electron chi connectivity index (χ1n) is 19.8. The quantitative estimate of drug-likeness (QED) is 0.195. The molecule has 0 bridgehead atoms. The van der Waals surface area contributed by atoms with Crippen LogP contribution < -0.4 is 20.4 Å².